The van der Waals surface area contributed by atoms with Crippen LogP contribution < -0.4 is 4.90 Å². The van der Waals surface area contributed by atoms with Crippen molar-refractivity contribution in [2.45, 2.75) is 13.0 Å². The third-order valence-corrected chi connectivity index (χ3v) is 5.35. The first-order chi connectivity index (χ1) is 13.5. The van der Waals surface area contributed by atoms with E-state index in [2.05, 4.69) is 4.98 Å². The number of halogens is 1. The third-order valence-electron chi connectivity index (χ3n) is 4.58. The zero-order valence-corrected chi connectivity index (χ0v) is 15.6. The van der Waals surface area contributed by atoms with E-state index < -0.39 is 23.5 Å². The Balaban J connectivity index is 1.93. The van der Waals surface area contributed by atoms with Gasteiger partial charge < -0.3 is 5.11 Å². The van der Waals surface area contributed by atoms with E-state index in [0.29, 0.717) is 10.7 Å². The van der Waals surface area contributed by atoms with Gasteiger partial charge in [0, 0.05) is 17.1 Å². The number of hydrogen-bond acceptors (Lipinski definition) is 5. The first-order valence-corrected chi connectivity index (χ1v) is 9.38. The van der Waals surface area contributed by atoms with Crippen LogP contribution in [0.5, 0.6) is 0 Å². The van der Waals surface area contributed by atoms with E-state index in [0.717, 1.165) is 5.56 Å². The van der Waals surface area contributed by atoms with Crippen LogP contribution in [0.1, 0.15) is 22.7 Å². The fourth-order valence-electron chi connectivity index (χ4n) is 3.19. The number of carbonyl (C=O) groups excluding carboxylic acids is 2. The number of amides is 1. The number of aryl methyl sites for hydroxylation is 1. The van der Waals surface area contributed by atoms with Gasteiger partial charge in [-0.1, -0.05) is 29.8 Å². The summed E-state index contributed by atoms with van der Waals surface area (Å²) in [6.45, 7) is 1.93. The smallest absolute Gasteiger partial charge is 0.301 e. The number of anilines is 1. The fraction of sp³-hybridized carbons (Fsp3) is 0.0952. The summed E-state index contributed by atoms with van der Waals surface area (Å²) in [5, 5.41) is 12.9. The number of rotatable bonds is 3. The van der Waals surface area contributed by atoms with Crippen molar-refractivity contribution in [3.63, 3.8) is 0 Å². The van der Waals surface area contributed by atoms with Gasteiger partial charge in [0.1, 0.15) is 11.6 Å². The summed E-state index contributed by atoms with van der Waals surface area (Å²) in [6.07, 6.45) is 1.55. The van der Waals surface area contributed by atoms with Gasteiger partial charge >= 0.3 is 5.91 Å². The summed E-state index contributed by atoms with van der Waals surface area (Å²) in [5.74, 6) is -2.37. The fourth-order valence-corrected chi connectivity index (χ4v) is 3.86. The molecular weight excluding hydrogens is 379 g/mol. The van der Waals surface area contributed by atoms with Crippen LogP contribution in [0.4, 0.5) is 9.52 Å². The van der Waals surface area contributed by atoms with Crippen molar-refractivity contribution < 1.29 is 19.1 Å². The molecule has 2 heterocycles. The van der Waals surface area contributed by atoms with Gasteiger partial charge in [-0.25, -0.2) is 9.37 Å². The van der Waals surface area contributed by atoms with Gasteiger partial charge in [0.25, 0.3) is 5.78 Å². The highest BCUT2D eigenvalue weighted by Gasteiger charge is 2.47. The molecule has 28 heavy (non-hydrogen) atoms. The number of carbonyl (C=O) groups is 2. The van der Waals surface area contributed by atoms with Crippen molar-refractivity contribution in [2.75, 3.05) is 4.90 Å². The topological polar surface area (TPSA) is 70.5 Å². The van der Waals surface area contributed by atoms with Crippen LogP contribution in [0.2, 0.25) is 0 Å². The molecule has 4 rings (SSSR count). The molecule has 1 amide bonds. The molecule has 0 saturated carbocycles. The summed E-state index contributed by atoms with van der Waals surface area (Å²) in [7, 11) is 0. The van der Waals surface area contributed by atoms with Crippen molar-refractivity contribution in [3.05, 3.63) is 88.2 Å². The third kappa shape index (κ3) is 2.99. The quantitative estimate of drug-likeness (QED) is 0.410. The Bertz CT molecular complexity index is 1070. The Morgan fingerprint density at radius 1 is 1.11 bits per heavy atom. The zero-order valence-electron chi connectivity index (χ0n) is 14.8. The Labute approximate surface area is 164 Å². The number of aliphatic hydroxyl groups excluding tert-OH is 1. The zero-order chi connectivity index (χ0) is 19.8. The minimum absolute atomic E-state index is 0.0457. The molecule has 0 radical (unpaired) electrons. The number of aliphatic hydroxyl groups is 1. The van der Waals surface area contributed by atoms with Gasteiger partial charge in [-0.15, -0.1) is 11.3 Å². The minimum atomic E-state index is -0.822. The van der Waals surface area contributed by atoms with Crippen molar-refractivity contribution in [1.29, 1.82) is 0 Å². The molecule has 1 saturated heterocycles. The van der Waals surface area contributed by atoms with Crippen LogP contribution in [0, 0.1) is 12.7 Å². The number of Topliss-reactive ketones (excluding diaryl/α,β-unsaturated/α-hetero) is 1. The van der Waals surface area contributed by atoms with Gasteiger partial charge in [0.05, 0.1) is 11.6 Å². The highest BCUT2D eigenvalue weighted by molar-refractivity contribution is 7.14. The average molecular weight is 394 g/mol. The van der Waals surface area contributed by atoms with E-state index in [4.69, 9.17) is 0 Å². The van der Waals surface area contributed by atoms with E-state index in [1.165, 1.54) is 40.5 Å². The van der Waals surface area contributed by atoms with Crippen LogP contribution in [0.3, 0.4) is 0 Å². The molecule has 1 aliphatic heterocycles. The van der Waals surface area contributed by atoms with Crippen molar-refractivity contribution in [1.82, 2.24) is 4.98 Å². The Kier molecular flexibility index (Phi) is 4.52. The lowest BCUT2D eigenvalue weighted by molar-refractivity contribution is -0.132. The molecule has 0 unspecified atom stereocenters. The maximum atomic E-state index is 13.3. The second-order valence-corrected chi connectivity index (χ2v) is 7.27. The molecule has 2 aromatic carbocycles. The van der Waals surface area contributed by atoms with E-state index in [1.807, 2.05) is 31.2 Å². The normalized spacial score (nSPS) is 18.6. The van der Waals surface area contributed by atoms with Crippen LogP contribution in [0.15, 0.2) is 65.7 Å². The molecule has 1 fully saturated rings. The number of benzene rings is 2. The highest BCUT2D eigenvalue weighted by atomic mass is 32.1. The predicted molar refractivity (Wildman–Crippen MR) is 104 cm³/mol. The Morgan fingerprint density at radius 3 is 2.39 bits per heavy atom. The molecule has 140 valence electrons. The first kappa shape index (κ1) is 18.1. The molecule has 1 aromatic heterocycles. The van der Waals surface area contributed by atoms with E-state index >= 15 is 0 Å². The van der Waals surface area contributed by atoms with E-state index in [9.17, 15) is 19.1 Å². The van der Waals surface area contributed by atoms with Gasteiger partial charge in [0.15, 0.2) is 5.13 Å². The molecule has 0 bridgehead atoms. The highest BCUT2D eigenvalue weighted by Crippen LogP contribution is 2.42. The van der Waals surface area contributed by atoms with Gasteiger partial charge in [-0.2, -0.15) is 0 Å². The summed E-state index contributed by atoms with van der Waals surface area (Å²) in [4.78, 5) is 31.1. The lowest BCUT2D eigenvalue weighted by Crippen LogP contribution is -2.29. The number of thiazole rings is 1. The molecule has 7 heteroatoms. The number of nitrogens with zero attached hydrogens (tertiary/aromatic N) is 2. The maximum Gasteiger partial charge on any atom is 0.301 e. The lowest BCUT2D eigenvalue weighted by atomic mass is 9.95. The maximum absolute atomic E-state index is 13.3. The monoisotopic (exact) mass is 394 g/mol. The number of ketones is 1. The lowest BCUT2D eigenvalue weighted by Gasteiger charge is -2.23. The van der Waals surface area contributed by atoms with Crippen LogP contribution >= 0.6 is 11.3 Å². The van der Waals surface area contributed by atoms with Crippen molar-refractivity contribution in [2.24, 2.45) is 0 Å². The van der Waals surface area contributed by atoms with Gasteiger partial charge in [-0.05, 0) is 36.8 Å². The molecule has 0 spiro atoms. The van der Waals surface area contributed by atoms with E-state index in [1.54, 1.807) is 11.6 Å². The van der Waals surface area contributed by atoms with E-state index in [-0.39, 0.29) is 16.9 Å². The van der Waals surface area contributed by atoms with Crippen molar-refractivity contribution in [3.8, 4) is 0 Å². The summed E-state index contributed by atoms with van der Waals surface area (Å²) in [5.41, 5.74) is 1.91. The summed E-state index contributed by atoms with van der Waals surface area (Å²) in [6, 6.07) is 11.7. The molecule has 1 N–H and O–H groups in total. The summed E-state index contributed by atoms with van der Waals surface area (Å²) >= 11 is 1.23. The van der Waals surface area contributed by atoms with Gasteiger partial charge in [0.2, 0.25) is 0 Å². The SMILES string of the molecule is Cc1ccc([C@H]2/C(=C(\O)c3ccc(F)cc3)C(=O)C(=O)N2c2nccs2)cc1. The number of aromatic nitrogens is 1. The first-order valence-electron chi connectivity index (χ1n) is 8.50. The van der Waals surface area contributed by atoms with Crippen molar-refractivity contribution >= 4 is 33.9 Å². The largest absolute Gasteiger partial charge is 0.507 e. The standard InChI is InChI=1S/C21H15FN2O3S/c1-12-2-4-13(5-3-12)17-16(18(25)14-6-8-15(22)9-7-14)19(26)20(27)24(17)21-23-10-11-28-21/h2-11,17,25H,1H3/b18-16+/t17-/m0/s1. The molecule has 5 nitrogen and oxygen atoms in total. The number of hydrogen-bond donors (Lipinski definition) is 1. The minimum Gasteiger partial charge on any atom is -0.507 e. The second-order valence-electron chi connectivity index (χ2n) is 6.40. The molecule has 1 atom stereocenters. The molecule has 3 aromatic rings. The molecule has 0 aliphatic carbocycles. The molecular formula is C21H15FN2O3S. The predicted octanol–water partition coefficient (Wildman–Crippen LogP) is 4.22. The Hall–Kier alpha value is -3.32. The van der Waals surface area contributed by atoms with Crippen LogP contribution in [-0.2, 0) is 9.59 Å². The Morgan fingerprint density at radius 2 is 1.79 bits per heavy atom. The van der Waals surface area contributed by atoms with Crippen LogP contribution in [-0.4, -0.2) is 21.8 Å². The van der Waals surface area contributed by atoms with Crippen LogP contribution in [0.25, 0.3) is 5.76 Å². The van der Waals surface area contributed by atoms with Gasteiger partial charge in [-0.3, -0.25) is 14.5 Å². The summed E-state index contributed by atoms with van der Waals surface area (Å²) < 4.78 is 13.3. The second kappa shape index (κ2) is 7.01. The average Bonchev–Trinajstić information content (AvgIpc) is 3.30. The molecule has 1 aliphatic rings.